The van der Waals surface area contributed by atoms with Gasteiger partial charge >= 0.3 is 11.9 Å². The number of carbonyl (C=O) groups excluding carboxylic acids is 2. The summed E-state index contributed by atoms with van der Waals surface area (Å²) in [6, 6.07) is 0. The zero-order chi connectivity index (χ0) is 25.8. The Kier molecular flexibility index (Phi) is 26.7. The Balaban J connectivity index is 3.24. The smallest absolute Gasteiger partial charge is 0.305 e. The lowest BCUT2D eigenvalue weighted by Gasteiger charge is -2.09. The number of unbranched alkanes of at least 4 members (excludes halogenated alkanes) is 18. The predicted octanol–water partition coefficient (Wildman–Crippen LogP) is 9.72. The first kappa shape index (κ1) is 33.9. The second-order valence-corrected chi connectivity index (χ2v) is 10.6. The fourth-order valence-electron chi connectivity index (χ4n) is 4.23. The van der Waals surface area contributed by atoms with Gasteiger partial charge in [0.15, 0.2) is 0 Å². The lowest BCUT2D eigenvalue weighted by atomic mass is 10.0. The summed E-state index contributed by atoms with van der Waals surface area (Å²) in [6.07, 6.45) is 27.1. The molecule has 0 fully saturated rings. The molecule has 0 saturated heterocycles. The van der Waals surface area contributed by atoms with Crippen LogP contribution in [0.25, 0.3) is 0 Å². The summed E-state index contributed by atoms with van der Waals surface area (Å²) in [7, 11) is 0. The van der Waals surface area contributed by atoms with Crippen LogP contribution in [-0.4, -0.2) is 25.2 Å². The van der Waals surface area contributed by atoms with Crippen molar-refractivity contribution >= 4 is 11.9 Å². The van der Waals surface area contributed by atoms with Gasteiger partial charge < -0.3 is 9.47 Å². The Morgan fingerprint density at radius 3 is 1.31 bits per heavy atom. The Morgan fingerprint density at radius 2 is 0.886 bits per heavy atom. The summed E-state index contributed by atoms with van der Waals surface area (Å²) in [5, 5.41) is 0. The molecule has 4 nitrogen and oxygen atoms in total. The normalized spacial score (nSPS) is 12.0. The molecule has 0 amide bonds. The van der Waals surface area contributed by atoms with Gasteiger partial charge in [-0.15, -0.1) is 0 Å². The fraction of sp³-hybridized carbons (Fsp3) is 0.935. The molecule has 0 aromatic rings. The predicted molar refractivity (Wildman–Crippen MR) is 149 cm³/mol. The molecule has 0 aromatic carbocycles. The molecule has 0 aliphatic heterocycles. The first-order valence-electron chi connectivity index (χ1n) is 15.4. The van der Waals surface area contributed by atoms with Crippen LogP contribution in [0.2, 0.25) is 0 Å². The third kappa shape index (κ3) is 27.4. The molecule has 0 heterocycles. The highest BCUT2D eigenvalue weighted by atomic mass is 16.5. The van der Waals surface area contributed by atoms with E-state index in [4.69, 9.17) is 9.47 Å². The summed E-state index contributed by atoms with van der Waals surface area (Å²) in [4.78, 5) is 23.5. The second kappa shape index (κ2) is 27.5. The van der Waals surface area contributed by atoms with Crippen molar-refractivity contribution in [2.75, 3.05) is 13.2 Å². The van der Waals surface area contributed by atoms with E-state index in [2.05, 4.69) is 20.8 Å². The first-order chi connectivity index (χ1) is 17.1. The fourth-order valence-corrected chi connectivity index (χ4v) is 4.23. The van der Waals surface area contributed by atoms with Crippen LogP contribution in [0.4, 0.5) is 0 Å². The van der Waals surface area contributed by atoms with E-state index >= 15 is 0 Å². The number of ether oxygens (including phenoxy) is 2. The zero-order valence-electron chi connectivity index (χ0n) is 23.9. The van der Waals surface area contributed by atoms with Crippen molar-refractivity contribution in [3.8, 4) is 0 Å². The molecule has 0 aliphatic rings. The summed E-state index contributed by atoms with van der Waals surface area (Å²) in [5.41, 5.74) is 0. The van der Waals surface area contributed by atoms with E-state index in [1.54, 1.807) is 0 Å². The summed E-state index contributed by atoms with van der Waals surface area (Å²) in [5.74, 6) is 0.348. The first-order valence-corrected chi connectivity index (χ1v) is 15.4. The molecule has 0 bridgehead atoms. The molecular weight excluding hydrogens is 436 g/mol. The Labute approximate surface area is 218 Å². The standard InChI is InChI=1S/C31H60O4/c1-4-6-7-8-9-10-11-12-13-14-15-18-21-24-27-34-30(32)25-22-19-16-17-20-23-26-31(33)35-28-29(3)5-2/h29H,4-28H2,1-3H3. The number of hydrogen-bond acceptors (Lipinski definition) is 4. The van der Waals surface area contributed by atoms with Gasteiger partial charge in [-0.1, -0.05) is 136 Å². The van der Waals surface area contributed by atoms with E-state index in [9.17, 15) is 9.59 Å². The quantitative estimate of drug-likeness (QED) is 0.0838. The van der Waals surface area contributed by atoms with Crippen LogP contribution >= 0.6 is 0 Å². The molecule has 1 unspecified atom stereocenters. The largest absolute Gasteiger partial charge is 0.466 e. The van der Waals surface area contributed by atoms with Crippen LogP contribution in [0.1, 0.15) is 168 Å². The summed E-state index contributed by atoms with van der Waals surface area (Å²) >= 11 is 0. The van der Waals surface area contributed by atoms with Crippen molar-refractivity contribution in [1.29, 1.82) is 0 Å². The van der Waals surface area contributed by atoms with Gasteiger partial charge in [0, 0.05) is 12.8 Å². The lowest BCUT2D eigenvalue weighted by molar-refractivity contribution is -0.145. The zero-order valence-corrected chi connectivity index (χ0v) is 23.9. The average Bonchev–Trinajstić information content (AvgIpc) is 2.86. The van der Waals surface area contributed by atoms with Gasteiger partial charge in [-0.2, -0.15) is 0 Å². The third-order valence-corrected chi connectivity index (χ3v) is 7.00. The molecular formula is C31H60O4. The molecule has 0 spiro atoms. The average molecular weight is 497 g/mol. The van der Waals surface area contributed by atoms with Gasteiger partial charge in [0.05, 0.1) is 13.2 Å². The van der Waals surface area contributed by atoms with Gasteiger partial charge in [0.25, 0.3) is 0 Å². The van der Waals surface area contributed by atoms with Crippen molar-refractivity contribution in [2.24, 2.45) is 5.92 Å². The van der Waals surface area contributed by atoms with Crippen LogP contribution < -0.4 is 0 Å². The molecule has 0 saturated carbocycles. The van der Waals surface area contributed by atoms with E-state index in [1.165, 1.54) is 83.5 Å². The maximum Gasteiger partial charge on any atom is 0.305 e. The number of esters is 2. The van der Waals surface area contributed by atoms with E-state index in [-0.39, 0.29) is 11.9 Å². The Morgan fingerprint density at radius 1 is 0.514 bits per heavy atom. The summed E-state index contributed by atoms with van der Waals surface area (Å²) in [6.45, 7) is 7.62. The highest BCUT2D eigenvalue weighted by molar-refractivity contribution is 5.69. The lowest BCUT2D eigenvalue weighted by Crippen LogP contribution is -2.11. The highest BCUT2D eigenvalue weighted by Crippen LogP contribution is 2.13. The summed E-state index contributed by atoms with van der Waals surface area (Å²) < 4.78 is 10.6. The van der Waals surface area contributed by atoms with Gasteiger partial charge in [0.1, 0.15) is 0 Å². The van der Waals surface area contributed by atoms with E-state index in [0.717, 1.165) is 51.4 Å². The molecule has 35 heavy (non-hydrogen) atoms. The molecule has 0 N–H and O–H groups in total. The maximum atomic E-state index is 11.8. The monoisotopic (exact) mass is 496 g/mol. The van der Waals surface area contributed by atoms with E-state index in [1.807, 2.05) is 0 Å². The maximum absolute atomic E-state index is 11.8. The molecule has 0 rings (SSSR count). The van der Waals surface area contributed by atoms with Crippen LogP contribution in [-0.2, 0) is 19.1 Å². The van der Waals surface area contributed by atoms with Gasteiger partial charge in [-0.05, 0) is 25.2 Å². The SMILES string of the molecule is CCCCCCCCCCCCCCCCOC(=O)CCCCCCCCC(=O)OCC(C)CC. The van der Waals surface area contributed by atoms with Crippen LogP contribution in [0, 0.1) is 5.92 Å². The van der Waals surface area contributed by atoms with Crippen molar-refractivity contribution in [3.05, 3.63) is 0 Å². The van der Waals surface area contributed by atoms with Gasteiger partial charge in [0.2, 0.25) is 0 Å². The number of rotatable bonds is 27. The van der Waals surface area contributed by atoms with Crippen LogP contribution in [0.15, 0.2) is 0 Å². The molecule has 0 radical (unpaired) electrons. The van der Waals surface area contributed by atoms with Gasteiger partial charge in [-0.3, -0.25) is 9.59 Å². The molecule has 4 heteroatoms. The van der Waals surface area contributed by atoms with E-state index < -0.39 is 0 Å². The topological polar surface area (TPSA) is 52.6 Å². The minimum absolute atomic E-state index is 0.0382. The number of carbonyl (C=O) groups is 2. The Hall–Kier alpha value is -1.06. The van der Waals surface area contributed by atoms with Crippen LogP contribution in [0.3, 0.4) is 0 Å². The molecule has 1 atom stereocenters. The minimum atomic E-state index is -0.0631. The van der Waals surface area contributed by atoms with Crippen molar-refractivity contribution in [1.82, 2.24) is 0 Å². The second-order valence-electron chi connectivity index (χ2n) is 10.6. The third-order valence-electron chi connectivity index (χ3n) is 7.00. The Bertz CT molecular complexity index is 463. The van der Waals surface area contributed by atoms with Gasteiger partial charge in [-0.25, -0.2) is 0 Å². The van der Waals surface area contributed by atoms with Crippen molar-refractivity contribution < 1.29 is 19.1 Å². The van der Waals surface area contributed by atoms with E-state index in [0.29, 0.717) is 32.0 Å². The van der Waals surface area contributed by atoms with Crippen molar-refractivity contribution in [2.45, 2.75) is 168 Å². The minimum Gasteiger partial charge on any atom is -0.466 e. The van der Waals surface area contributed by atoms with Crippen molar-refractivity contribution in [3.63, 3.8) is 0 Å². The molecule has 0 aliphatic carbocycles. The molecule has 208 valence electrons. The van der Waals surface area contributed by atoms with Crippen LogP contribution in [0.5, 0.6) is 0 Å². The molecule has 0 aromatic heterocycles. The number of hydrogen-bond donors (Lipinski definition) is 0. The highest BCUT2D eigenvalue weighted by Gasteiger charge is 2.06.